The van der Waals surface area contributed by atoms with E-state index >= 15 is 0 Å². The molecular formula is C30H28ClFN2O3. The Morgan fingerprint density at radius 3 is 2.65 bits per heavy atom. The zero-order valence-electron chi connectivity index (χ0n) is 20.8. The number of nitrogens with one attached hydrogen (secondary N) is 1. The van der Waals surface area contributed by atoms with Gasteiger partial charge in [-0.1, -0.05) is 41.4 Å². The van der Waals surface area contributed by atoms with E-state index in [1.165, 1.54) is 30.4 Å². The van der Waals surface area contributed by atoms with Crippen LogP contribution in [-0.4, -0.2) is 25.5 Å². The van der Waals surface area contributed by atoms with E-state index in [-0.39, 0.29) is 21.9 Å². The van der Waals surface area contributed by atoms with Crippen LogP contribution in [0.4, 0.5) is 15.8 Å². The zero-order valence-corrected chi connectivity index (χ0v) is 21.6. The van der Waals surface area contributed by atoms with Crippen LogP contribution in [0.25, 0.3) is 0 Å². The fourth-order valence-corrected chi connectivity index (χ4v) is 5.65. The molecule has 1 aliphatic carbocycles. The van der Waals surface area contributed by atoms with Gasteiger partial charge in [-0.05, 0) is 86.1 Å². The molecule has 0 bridgehead atoms. The van der Waals surface area contributed by atoms with Crippen molar-refractivity contribution in [1.29, 1.82) is 0 Å². The van der Waals surface area contributed by atoms with E-state index in [2.05, 4.69) is 24.4 Å². The maximum Gasteiger partial charge on any atom is 0.258 e. The van der Waals surface area contributed by atoms with E-state index < -0.39 is 11.7 Å². The van der Waals surface area contributed by atoms with E-state index in [0.29, 0.717) is 23.5 Å². The summed E-state index contributed by atoms with van der Waals surface area (Å²) in [6.45, 7) is 2.79. The molecule has 0 saturated carbocycles. The second-order valence-electron chi connectivity index (χ2n) is 9.86. The predicted molar refractivity (Wildman–Crippen MR) is 144 cm³/mol. The molecule has 0 fully saturated rings. The zero-order chi connectivity index (χ0) is 26.2. The lowest BCUT2D eigenvalue weighted by Crippen LogP contribution is -2.33. The molecule has 3 aromatic rings. The normalized spacial score (nSPS) is 18.7. The fraction of sp³-hybridized carbons (Fsp3) is 0.267. The molecule has 0 aromatic heterocycles. The van der Waals surface area contributed by atoms with Crippen molar-refractivity contribution in [2.45, 2.75) is 32.6 Å². The fourth-order valence-electron chi connectivity index (χ4n) is 5.45. The van der Waals surface area contributed by atoms with Crippen LogP contribution in [0.2, 0.25) is 5.02 Å². The lowest BCUT2D eigenvalue weighted by Gasteiger charge is -2.26. The van der Waals surface area contributed by atoms with Crippen LogP contribution in [0.15, 0.2) is 72.3 Å². The van der Waals surface area contributed by atoms with E-state index in [0.717, 1.165) is 37.4 Å². The number of hydrogen-bond donors (Lipinski definition) is 1. The summed E-state index contributed by atoms with van der Waals surface area (Å²) in [7, 11) is 1.47. The van der Waals surface area contributed by atoms with Gasteiger partial charge in [-0.15, -0.1) is 0 Å². The van der Waals surface area contributed by atoms with Crippen molar-refractivity contribution in [3.63, 3.8) is 0 Å². The highest BCUT2D eigenvalue weighted by atomic mass is 35.5. The molecule has 0 saturated heterocycles. The van der Waals surface area contributed by atoms with Gasteiger partial charge >= 0.3 is 0 Å². The number of rotatable bonds is 4. The Kier molecular flexibility index (Phi) is 6.78. The number of ether oxygens (including phenoxy) is 1. The van der Waals surface area contributed by atoms with Gasteiger partial charge in [-0.3, -0.25) is 9.59 Å². The number of carbonyl (C=O) groups excluding carboxylic acids is 2. The molecule has 190 valence electrons. The Morgan fingerprint density at radius 2 is 1.89 bits per heavy atom. The number of para-hydroxylation sites is 1. The minimum atomic E-state index is -0.575. The van der Waals surface area contributed by atoms with Crippen molar-refractivity contribution in [3.8, 4) is 5.75 Å². The lowest BCUT2D eigenvalue weighted by atomic mass is 9.79. The van der Waals surface area contributed by atoms with E-state index in [4.69, 9.17) is 16.3 Å². The van der Waals surface area contributed by atoms with Gasteiger partial charge < -0.3 is 15.0 Å². The van der Waals surface area contributed by atoms with Crippen LogP contribution in [-0.2, 0) is 6.42 Å². The largest absolute Gasteiger partial charge is 0.495 e. The number of anilines is 2. The molecule has 1 N–H and O–H groups in total. The highest BCUT2D eigenvalue weighted by Crippen LogP contribution is 2.46. The number of fused-ring (bicyclic) bond motifs is 1. The molecule has 0 radical (unpaired) electrons. The van der Waals surface area contributed by atoms with Gasteiger partial charge in [0, 0.05) is 17.8 Å². The third-order valence-electron chi connectivity index (χ3n) is 7.34. The van der Waals surface area contributed by atoms with E-state index in [1.54, 1.807) is 18.2 Å². The van der Waals surface area contributed by atoms with Gasteiger partial charge in [0.1, 0.15) is 11.6 Å². The monoisotopic (exact) mass is 518 g/mol. The summed E-state index contributed by atoms with van der Waals surface area (Å²) in [4.78, 5) is 28.4. The first-order valence-electron chi connectivity index (χ1n) is 12.3. The topological polar surface area (TPSA) is 58.6 Å². The molecule has 1 atom stereocenters. The first-order valence-corrected chi connectivity index (χ1v) is 12.7. The minimum absolute atomic E-state index is 0.00942. The first-order chi connectivity index (χ1) is 17.8. The highest BCUT2D eigenvalue weighted by Gasteiger charge is 2.37. The van der Waals surface area contributed by atoms with Crippen molar-refractivity contribution in [2.24, 2.45) is 5.41 Å². The summed E-state index contributed by atoms with van der Waals surface area (Å²) in [6.07, 6.45) is 6.42. The number of hydrogen-bond acceptors (Lipinski definition) is 3. The average molecular weight is 519 g/mol. The van der Waals surface area contributed by atoms with Gasteiger partial charge in [-0.25, -0.2) is 4.39 Å². The number of carbonyl (C=O) groups is 2. The maximum atomic E-state index is 13.8. The second-order valence-corrected chi connectivity index (χ2v) is 10.3. The summed E-state index contributed by atoms with van der Waals surface area (Å²) in [5.41, 5.74) is 4.41. The second kappa shape index (κ2) is 10.0. The van der Waals surface area contributed by atoms with E-state index in [1.807, 2.05) is 23.1 Å². The Hall–Kier alpha value is -3.64. The molecule has 2 amide bonds. The van der Waals surface area contributed by atoms with Gasteiger partial charge in [0.05, 0.1) is 23.4 Å². The SMILES string of the molecule is COc1cc(C(=O)N2CC[C@]3(C=C(C)CC3)Cc3ccccc32)ccc1NC(=O)c1cc(F)ccc1Cl. The molecule has 3 aromatic carbocycles. The maximum absolute atomic E-state index is 13.8. The molecule has 1 heterocycles. The predicted octanol–water partition coefficient (Wildman–Crippen LogP) is 7.06. The van der Waals surface area contributed by atoms with Crippen molar-refractivity contribution >= 4 is 34.8 Å². The molecule has 7 heteroatoms. The standard InChI is InChI=1S/C30H28ClFN2O3/c1-19-11-12-30(17-19)13-14-34(26-6-4-3-5-21(26)18-30)29(36)20-7-10-25(27(15-20)37-2)33-28(35)23-16-22(32)8-9-24(23)31/h3-10,15-17H,11-14,18H2,1-2H3,(H,33,35)/t30-/m1/s1. The van der Waals surface area contributed by atoms with Crippen LogP contribution in [0.1, 0.15) is 52.5 Å². The summed E-state index contributed by atoms with van der Waals surface area (Å²) < 4.78 is 19.1. The molecule has 2 aliphatic rings. The Morgan fingerprint density at radius 1 is 1.08 bits per heavy atom. The van der Waals surface area contributed by atoms with Gasteiger partial charge in [-0.2, -0.15) is 0 Å². The van der Waals surface area contributed by atoms with Crippen molar-refractivity contribution in [3.05, 3.63) is 99.8 Å². The summed E-state index contributed by atoms with van der Waals surface area (Å²) in [6, 6.07) is 16.6. The quantitative estimate of drug-likeness (QED) is 0.376. The van der Waals surface area contributed by atoms with Gasteiger partial charge in [0.2, 0.25) is 0 Å². The van der Waals surface area contributed by atoms with Crippen molar-refractivity contribution in [2.75, 3.05) is 23.9 Å². The summed E-state index contributed by atoms with van der Waals surface area (Å²) >= 11 is 6.08. The Bertz CT molecular complexity index is 1420. The number of halogens is 2. The first kappa shape index (κ1) is 25.0. The molecule has 37 heavy (non-hydrogen) atoms. The number of benzene rings is 3. The Balaban J connectivity index is 1.42. The third-order valence-corrected chi connectivity index (χ3v) is 7.67. The summed E-state index contributed by atoms with van der Waals surface area (Å²) in [5, 5.41) is 2.84. The molecule has 5 rings (SSSR count). The molecule has 5 nitrogen and oxygen atoms in total. The van der Waals surface area contributed by atoms with Gasteiger partial charge in [0.25, 0.3) is 11.8 Å². The van der Waals surface area contributed by atoms with Crippen LogP contribution < -0.4 is 15.0 Å². The van der Waals surface area contributed by atoms with E-state index in [9.17, 15) is 14.0 Å². The minimum Gasteiger partial charge on any atom is -0.495 e. The molecule has 0 unspecified atom stereocenters. The average Bonchev–Trinajstić information content (AvgIpc) is 3.17. The number of amides is 2. The number of methoxy groups -OCH3 is 1. The van der Waals surface area contributed by atoms with Gasteiger partial charge in [0.15, 0.2) is 0 Å². The summed E-state index contributed by atoms with van der Waals surface area (Å²) in [5.74, 6) is -0.952. The van der Waals surface area contributed by atoms with Crippen LogP contribution in [0.5, 0.6) is 5.75 Å². The molecular weight excluding hydrogens is 491 g/mol. The van der Waals surface area contributed by atoms with Crippen LogP contribution in [0, 0.1) is 11.2 Å². The number of allylic oxidation sites excluding steroid dienone is 2. The van der Waals surface area contributed by atoms with Crippen molar-refractivity contribution in [1.82, 2.24) is 0 Å². The van der Waals surface area contributed by atoms with Crippen LogP contribution in [0.3, 0.4) is 0 Å². The van der Waals surface area contributed by atoms with Crippen molar-refractivity contribution < 1.29 is 18.7 Å². The molecule has 1 aliphatic heterocycles. The third kappa shape index (κ3) is 4.98. The molecule has 1 spiro atoms. The lowest BCUT2D eigenvalue weighted by molar-refractivity contribution is 0.0984. The smallest absolute Gasteiger partial charge is 0.258 e. The highest BCUT2D eigenvalue weighted by molar-refractivity contribution is 6.34. The Labute approximate surface area is 220 Å². The number of nitrogens with zero attached hydrogens (tertiary/aromatic N) is 1. The van der Waals surface area contributed by atoms with Crippen LogP contribution >= 0.6 is 11.6 Å².